The number of aryl methyl sites for hydroxylation is 1. The van der Waals surface area contributed by atoms with Crippen LogP contribution >= 0.6 is 22.9 Å². The molecule has 5 aromatic rings. The Morgan fingerprint density at radius 3 is 2.65 bits per heavy atom. The molecule has 0 radical (unpaired) electrons. The standard InChI is InChI=1S/C27H26ClN5S/c1-3-32(15-14-28)22-12-13-23(19(2)16-22)30-27-31-25(17-34-27)20-8-10-21(11-9-20)33-18-29-24-6-4-5-7-26(24)33/h4-13,16-18H,3,14-15H2,1-2H3,(H,30,31). The van der Waals surface area contributed by atoms with Gasteiger partial charge >= 0.3 is 0 Å². The zero-order chi connectivity index (χ0) is 23.5. The van der Waals surface area contributed by atoms with E-state index in [9.17, 15) is 0 Å². The fraction of sp³-hybridized carbons (Fsp3) is 0.185. The number of para-hydroxylation sites is 2. The third kappa shape index (κ3) is 4.52. The summed E-state index contributed by atoms with van der Waals surface area (Å²) in [5.41, 5.74) is 8.65. The van der Waals surface area contributed by atoms with E-state index in [0.717, 1.165) is 51.9 Å². The van der Waals surface area contributed by atoms with Crippen LogP contribution in [0.4, 0.5) is 16.5 Å². The van der Waals surface area contributed by atoms with Crippen molar-refractivity contribution in [1.29, 1.82) is 0 Å². The number of imidazole rings is 1. The van der Waals surface area contributed by atoms with Crippen LogP contribution in [-0.2, 0) is 0 Å². The molecule has 0 aliphatic rings. The van der Waals surface area contributed by atoms with Crippen molar-refractivity contribution < 1.29 is 0 Å². The van der Waals surface area contributed by atoms with Gasteiger partial charge in [0, 0.05) is 47.0 Å². The van der Waals surface area contributed by atoms with Crippen LogP contribution in [0.15, 0.2) is 78.4 Å². The molecule has 0 saturated heterocycles. The summed E-state index contributed by atoms with van der Waals surface area (Å²) in [4.78, 5) is 11.6. The molecule has 5 rings (SSSR count). The van der Waals surface area contributed by atoms with Crippen molar-refractivity contribution in [1.82, 2.24) is 14.5 Å². The number of aromatic nitrogens is 3. The monoisotopic (exact) mass is 487 g/mol. The Morgan fingerprint density at radius 2 is 1.88 bits per heavy atom. The molecular formula is C27H26ClN5S. The molecule has 0 bridgehead atoms. The number of fused-ring (bicyclic) bond motifs is 1. The average molecular weight is 488 g/mol. The van der Waals surface area contributed by atoms with Crippen LogP contribution in [0.3, 0.4) is 0 Å². The molecule has 0 amide bonds. The molecule has 0 saturated carbocycles. The van der Waals surface area contributed by atoms with Crippen molar-refractivity contribution in [2.45, 2.75) is 13.8 Å². The summed E-state index contributed by atoms with van der Waals surface area (Å²) in [7, 11) is 0. The van der Waals surface area contributed by atoms with Gasteiger partial charge in [-0.1, -0.05) is 24.3 Å². The van der Waals surface area contributed by atoms with Crippen LogP contribution < -0.4 is 10.2 Å². The molecule has 3 aromatic carbocycles. The van der Waals surface area contributed by atoms with E-state index in [0.29, 0.717) is 5.88 Å². The van der Waals surface area contributed by atoms with Gasteiger partial charge in [0.25, 0.3) is 0 Å². The van der Waals surface area contributed by atoms with Crippen molar-refractivity contribution in [2.75, 3.05) is 29.2 Å². The molecule has 5 nitrogen and oxygen atoms in total. The maximum Gasteiger partial charge on any atom is 0.187 e. The lowest BCUT2D eigenvalue weighted by Gasteiger charge is -2.23. The summed E-state index contributed by atoms with van der Waals surface area (Å²) < 4.78 is 2.10. The first kappa shape index (κ1) is 22.4. The van der Waals surface area contributed by atoms with E-state index < -0.39 is 0 Å². The topological polar surface area (TPSA) is 46.0 Å². The quantitative estimate of drug-likeness (QED) is 0.234. The number of nitrogens with one attached hydrogen (secondary N) is 1. The third-order valence-electron chi connectivity index (χ3n) is 5.95. The van der Waals surface area contributed by atoms with Gasteiger partial charge in [-0.2, -0.15) is 0 Å². The summed E-state index contributed by atoms with van der Waals surface area (Å²) in [5.74, 6) is 0.620. The molecule has 7 heteroatoms. The van der Waals surface area contributed by atoms with Gasteiger partial charge < -0.3 is 10.2 Å². The van der Waals surface area contributed by atoms with E-state index >= 15 is 0 Å². The first-order chi connectivity index (χ1) is 16.7. The van der Waals surface area contributed by atoms with E-state index in [1.165, 1.54) is 11.3 Å². The second-order valence-electron chi connectivity index (χ2n) is 8.08. The lowest BCUT2D eigenvalue weighted by atomic mass is 10.1. The normalized spacial score (nSPS) is 11.1. The highest BCUT2D eigenvalue weighted by atomic mass is 35.5. The smallest absolute Gasteiger partial charge is 0.187 e. The Kier molecular flexibility index (Phi) is 6.52. The fourth-order valence-electron chi connectivity index (χ4n) is 4.09. The Hall–Kier alpha value is -3.35. The van der Waals surface area contributed by atoms with E-state index in [4.69, 9.17) is 16.6 Å². The van der Waals surface area contributed by atoms with Crippen LogP contribution in [0.1, 0.15) is 12.5 Å². The van der Waals surface area contributed by atoms with Crippen LogP contribution in [0, 0.1) is 6.92 Å². The van der Waals surface area contributed by atoms with Crippen LogP contribution in [-0.4, -0.2) is 33.5 Å². The maximum absolute atomic E-state index is 5.95. The van der Waals surface area contributed by atoms with Gasteiger partial charge in [0.15, 0.2) is 5.13 Å². The van der Waals surface area contributed by atoms with E-state index in [1.807, 2.05) is 24.5 Å². The largest absolute Gasteiger partial charge is 0.371 e. The molecule has 1 N–H and O–H groups in total. The molecule has 172 valence electrons. The number of thiazole rings is 1. The summed E-state index contributed by atoms with van der Waals surface area (Å²) in [6.45, 7) is 6.04. The molecule has 0 aliphatic heterocycles. The van der Waals surface area contributed by atoms with Gasteiger partial charge in [0.2, 0.25) is 0 Å². The number of rotatable bonds is 8. The highest BCUT2D eigenvalue weighted by molar-refractivity contribution is 7.14. The molecule has 0 spiro atoms. The number of anilines is 3. The minimum atomic E-state index is 0.620. The van der Waals surface area contributed by atoms with E-state index in [2.05, 4.69) is 87.5 Å². The Labute approximate surface area is 208 Å². The van der Waals surface area contributed by atoms with E-state index in [1.54, 1.807) is 11.3 Å². The van der Waals surface area contributed by atoms with Gasteiger partial charge in [0.05, 0.1) is 16.7 Å². The summed E-state index contributed by atoms with van der Waals surface area (Å²) in [6, 6.07) is 23.1. The summed E-state index contributed by atoms with van der Waals surface area (Å²) in [6.07, 6.45) is 1.87. The number of hydrogen-bond acceptors (Lipinski definition) is 5. The highest BCUT2D eigenvalue weighted by Crippen LogP contribution is 2.30. The third-order valence-corrected chi connectivity index (χ3v) is 6.88. The van der Waals surface area contributed by atoms with Crippen LogP contribution in [0.5, 0.6) is 0 Å². The average Bonchev–Trinajstić information content (AvgIpc) is 3.51. The summed E-state index contributed by atoms with van der Waals surface area (Å²) >= 11 is 7.56. The Morgan fingerprint density at radius 1 is 1.06 bits per heavy atom. The number of benzene rings is 3. The lowest BCUT2D eigenvalue weighted by Crippen LogP contribution is -2.24. The van der Waals surface area contributed by atoms with Gasteiger partial charge in [-0.3, -0.25) is 4.57 Å². The van der Waals surface area contributed by atoms with Crippen molar-refractivity contribution in [3.63, 3.8) is 0 Å². The Bertz CT molecular complexity index is 1410. The molecule has 34 heavy (non-hydrogen) atoms. The van der Waals surface area contributed by atoms with Crippen molar-refractivity contribution in [3.05, 3.63) is 84.0 Å². The zero-order valence-electron chi connectivity index (χ0n) is 19.2. The predicted molar refractivity (Wildman–Crippen MR) is 145 cm³/mol. The first-order valence-corrected chi connectivity index (χ1v) is 12.7. The zero-order valence-corrected chi connectivity index (χ0v) is 20.8. The van der Waals surface area contributed by atoms with Crippen LogP contribution in [0.2, 0.25) is 0 Å². The van der Waals surface area contributed by atoms with Crippen molar-refractivity contribution >= 4 is 50.5 Å². The molecule has 0 unspecified atom stereocenters. The molecule has 0 fully saturated rings. The Balaban J connectivity index is 1.32. The highest BCUT2D eigenvalue weighted by Gasteiger charge is 2.10. The second kappa shape index (κ2) is 9.87. The molecule has 0 aliphatic carbocycles. The molecule has 2 aromatic heterocycles. The van der Waals surface area contributed by atoms with E-state index in [-0.39, 0.29) is 0 Å². The van der Waals surface area contributed by atoms with Crippen molar-refractivity contribution in [2.24, 2.45) is 0 Å². The number of nitrogens with zero attached hydrogens (tertiary/aromatic N) is 4. The SMILES string of the molecule is CCN(CCCl)c1ccc(Nc2nc(-c3ccc(-n4cnc5ccccc54)cc3)cs2)c(C)c1. The maximum atomic E-state index is 5.95. The van der Waals surface area contributed by atoms with Gasteiger partial charge in [0.1, 0.15) is 6.33 Å². The van der Waals surface area contributed by atoms with Crippen molar-refractivity contribution in [3.8, 4) is 16.9 Å². The molecule has 2 heterocycles. The minimum Gasteiger partial charge on any atom is -0.371 e. The minimum absolute atomic E-state index is 0.620. The van der Waals surface area contributed by atoms with Gasteiger partial charge in [-0.15, -0.1) is 22.9 Å². The lowest BCUT2D eigenvalue weighted by molar-refractivity contribution is 0.869. The predicted octanol–water partition coefficient (Wildman–Crippen LogP) is 7.27. The second-order valence-corrected chi connectivity index (χ2v) is 9.32. The van der Waals surface area contributed by atoms with Gasteiger partial charge in [-0.25, -0.2) is 9.97 Å². The van der Waals surface area contributed by atoms with Crippen LogP contribution in [0.25, 0.3) is 28.0 Å². The number of halogens is 1. The summed E-state index contributed by atoms with van der Waals surface area (Å²) in [5, 5.41) is 6.45. The molecular weight excluding hydrogens is 462 g/mol. The first-order valence-electron chi connectivity index (χ1n) is 11.3. The molecule has 0 atom stereocenters. The number of alkyl halides is 1. The van der Waals surface area contributed by atoms with Gasteiger partial charge in [-0.05, 0) is 61.9 Å². The fourth-order valence-corrected chi connectivity index (χ4v) is 5.03. The number of hydrogen-bond donors (Lipinski definition) is 1.